The van der Waals surface area contributed by atoms with Crippen LogP contribution >= 0.6 is 0 Å². The molecule has 1 atom stereocenters. The first-order valence-corrected chi connectivity index (χ1v) is 12.7. The van der Waals surface area contributed by atoms with Crippen LogP contribution in [0.15, 0.2) is 72.8 Å². The lowest BCUT2D eigenvalue weighted by Crippen LogP contribution is -2.51. The van der Waals surface area contributed by atoms with E-state index in [1.54, 1.807) is 22.9 Å². The van der Waals surface area contributed by atoms with Crippen molar-refractivity contribution in [2.24, 2.45) is 0 Å². The quantitative estimate of drug-likeness (QED) is 0.378. The number of carbonyl (C=O) groups excluding carboxylic acids is 2. The minimum absolute atomic E-state index is 0.108. The number of hydrogen-bond donors (Lipinski definition) is 1. The molecule has 0 saturated carbocycles. The molecule has 0 saturated heterocycles. The van der Waals surface area contributed by atoms with Crippen molar-refractivity contribution in [3.8, 4) is 11.5 Å². The van der Waals surface area contributed by atoms with Crippen LogP contribution in [-0.2, 0) is 16.1 Å². The van der Waals surface area contributed by atoms with Gasteiger partial charge in [-0.25, -0.2) is 4.68 Å². The van der Waals surface area contributed by atoms with E-state index in [1.165, 1.54) is 4.90 Å². The van der Waals surface area contributed by atoms with E-state index in [1.807, 2.05) is 75.4 Å². The Morgan fingerprint density at radius 1 is 1.00 bits per heavy atom. The smallest absolute Gasteiger partial charge is 0.249 e. The average molecular weight is 514 g/mol. The van der Waals surface area contributed by atoms with Crippen molar-refractivity contribution in [3.05, 3.63) is 78.4 Å². The van der Waals surface area contributed by atoms with E-state index in [4.69, 9.17) is 9.47 Å². The first-order chi connectivity index (χ1) is 18.4. The number of para-hydroxylation sites is 1. The molecule has 38 heavy (non-hydrogen) atoms. The summed E-state index contributed by atoms with van der Waals surface area (Å²) in [5.41, 5.74) is 2.16. The number of ether oxygens (including phenoxy) is 2. The normalized spacial score (nSPS) is 13.7. The molecular weight excluding hydrogens is 482 g/mol. The molecule has 1 N–H and O–H groups in total. The van der Waals surface area contributed by atoms with Crippen molar-refractivity contribution in [3.63, 3.8) is 0 Å². The van der Waals surface area contributed by atoms with Gasteiger partial charge in [-0.2, -0.15) is 0 Å². The minimum atomic E-state index is -0.938. The fourth-order valence-electron chi connectivity index (χ4n) is 4.40. The van der Waals surface area contributed by atoms with Crippen molar-refractivity contribution in [1.29, 1.82) is 0 Å². The zero-order chi connectivity index (χ0) is 26.7. The first kappa shape index (κ1) is 25.3. The van der Waals surface area contributed by atoms with Gasteiger partial charge in [-0.3, -0.25) is 14.5 Å². The molecule has 1 aliphatic heterocycles. The number of anilines is 1. The van der Waals surface area contributed by atoms with E-state index in [-0.39, 0.29) is 18.4 Å². The topological polar surface area (TPSA) is 98.6 Å². The van der Waals surface area contributed by atoms with E-state index < -0.39 is 11.6 Å². The average Bonchev–Trinajstić information content (AvgIpc) is 3.34. The highest BCUT2D eigenvalue weighted by Crippen LogP contribution is 2.37. The van der Waals surface area contributed by atoms with Gasteiger partial charge in [-0.1, -0.05) is 54.6 Å². The highest BCUT2D eigenvalue weighted by Gasteiger charge is 2.36. The number of aromatic nitrogens is 3. The molecule has 196 valence electrons. The molecule has 2 amide bonds. The second-order valence-corrected chi connectivity index (χ2v) is 9.87. The monoisotopic (exact) mass is 513 g/mol. The van der Waals surface area contributed by atoms with Gasteiger partial charge < -0.3 is 14.8 Å². The van der Waals surface area contributed by atoms with Crippen molar-refractivity contribution < 1.29 is 19.1 Å². The maximum absolute atomic E-state index is 14.2. The van der Waals surface area contributed by atoms with E-state index in [2.05, 4.69) is 15.6 Å². The fourth-order valence-corrected chi connectivity index (χ4v) is 4.40. The number of benzene rings is 3. The van der Waals surface area contributed by atoms with Crippen LogP contribution in [-0.4, -0.2) is 45.6 Å². The Bertz CT molecular complexity index is 1450. The third kappa shape index (κ3) is 5.18. The Balaban J connectivity index is 1.61. The van der Waals surface area contributed by atoms with Crippen molar-refractivity contribution in [2.45, 2.75) is 45.3 Å². The van der Waals surface area contributed by atoms with E-state index in [0.29, 0.717) is 41.5 Å². The zero-order valence-electron chi connectivity index (χ0n) is 21.8. The summed E-state index contributed by atoms with van der Waals surface area (Å²) in [4.78, 5) is 29.6. The lowest BCUT2D eigenvalue weighted by atomic mass is 9.98. The van der Waals surface area contributed by atoms with Crippen LogP contribution in [0.3, 0.4) is 0 Å². The molecule has 1 unspecified atom stereocenters. The molecule has 0 aliphatic carbocycles. The van der Waals surface area contributed by atoms with Crippen LogP contribution in [0, 0.1) is 0 Å². The Hall–Kier alpha value is -4.40. The van der Waals surface area contributed by atoms with Crippen molar-refractivity contribution >= 4 is 28.5 Å². The number of nitrogens with one attached hydrogen (secondary N) is 1. The van der Waals surface area contributed by atoms with Gasteiger partial charge in [-0.05, 0) is 50.1 Å². The number of nitrogens with zero attached hydrogens (tertiary/aromatic N) is 4. The van der Waals surface area contributed by atoms with Gasteiger partial charge >= 0.3 is 0 Å². The molecule has 0 spiro atoms. The van der Waals surface area contributed by atoms with Crippen LogP contribution in [0.2, 0.25) is 0 Å². The molecule has 3 aromatic carbocycles. The molecule has 9 nitrogen and oxygen atoms in total. The van der Waals surface area contributed by atoms with E-state index in [9.17, 15) is 9.59 Å². The molecule has 2 heterocycles. The molecule has 4 aromatic rings. The second kappa shape index (κ2) is 10.5. The van der Waals surface area contributed by atoms with Crippen molar-refractivity contribution in [1.82, 2.24) is 20.3 Å². The van der Waals surface area contributed by atoms with Crippen LogP contribution in [0.4, 0.5) is 5.69 Å². The second-order valence-electron chi connectivity index (χ2n) is 9.87. The van der Waals surface area contributed by atoms with Crippen LogP contribution in [0.1, 0.15) is 38.8 Å². The molecule has 1 aromatic heterocycles. The summed E-state index contributed by atoms with van der Waals surface area (Å²) in [6, 6.07) is 21.1. The SMILES string of the molecule is CCC(C)(C)NC(=O)C(c1ccccc1)N(C(=O)Cn1nnc2ccccc21)c1ccc2c(c1)OCCO2. The lowest BCUT2D eigenvalue weighted by molar-refractivity contribution is -0.128. The van der Waals surface area contributed by atoms with Gasteiger partial charge in [0, 0.05) is 17.3 Å². The molecular formula is C29H31N5O4. The third-order valence-corrected chi connectivity index (χ3v) is 6.75. The van der Waals surface area contributed by atoms with Gasteiger partial charge in [0.25, 0.3) is 0 Å². The van der Waals surface area contributed by atoms with Gasteiger partial charge in [0.1, 0.15) is 31.3 Å². The fraction of sp³-hybridized carbons (Fsp3) is 0.310. The number of rotatable bonds is 8. The molecule has 1 aliphatic rings. The highest BCUT2D eigenvalue weighted by atomic mass is 16.6. The Morgan fingerprint density at radius 2 is 1.71 bits per heavy atom. The molecule has 5 rings (SSSR count). The summed E-state index contributed by atoms with van der Waals surface area (Å²) in [5, 5.41) is 11.5. The number of amides is 2. The van der Waals surface area contributed by atoms with Gasteiger partial charge in [0.15, 0.2) is 11.5 Å². The molecule has 0 fully saturated rings. The van der Waals surface area contributed by atoms with E-state index in [0.717, 1.165) is 11.9 Å². The third-order valence-electron chi connectivity index (χ3n) is 6.75. The van der Waals surface area contributed by atoms with E-state index >= 15 is 0 Å². The predicted molar refractivity (Wildman–Crippen MR) is 144 cm³/mol. The standard InChI is InChI=1S/C29H31N5O4/c1-4-29(2,3)30-28(36)27(20-10-6-5-7-11-20)34(21-14-15-24-25(18-21)38-17-16-37-24)26(35)19-33-23-13-9-8-12-22(23)31-32-33/h5-15,18,27H,4,16-17,19H2,1-3H3,(H,30,36). The lowest BCUT2D eigenvalue weighted by Gasteiger charge is -2.35. The Morgan fingerprint density at radius 3 is 2.47 bits per heavy atom. The van der Waals surface area contributed by atoms with Crippen LogP contribution in [0.5, 0.6) is 11.5 Å². The predicted octanol–water partition coefficient (Wildman–Crippen LogP) is 4.28. The number of fused-ring (bicyclic) bond motifs is 2. The van der Waals surface area contributed by atoms with Gasteiger partial charge in [0.05, 0.1) is 5.52 Å². The van der Waals surface area contributed by atoms with Crippen LogP contribution < -0.4 is 19.7 Å². The highest BCUT2D eigenvalue weighted by molar-refractivity contribution is 6.02. The summed E-state index contributed by atoms with van der Waals surface area (Å²) in [6.07, 6.45) is 0.725. The number of hydrogen-bond acceptors (Lipinski definition) is 6. The summed E-state index contributed by atoms with van der Waals surface area (Å²) in [7, 11) is 0. The maximum atomic E-state index is 14.2. The molecule has 0 radical (unpaired) electrons. The Labute approximate surface area is 221 Å². The molecule has 0 bridgehead atoms. The van der Waals surface area contributed by atoms with Crippen molar-refractivity contribution in [2.75, 3.05) is 18.1 Å². The molecule has 9 heteroatoms. The largest absolute Gasteiger partial charge is 0.486 e. The van der Waals surface area contributed by atoms with Crippen LogP contribution in [0.25, 0.3) is 11.0 Å². The maximum Gasteiger partial charge on any atom is 0.249 e. The summed E-state index contributed by atoms with van der Waals surface area (Å²) in [5.74, 6) is 0.520. The summed E-state index contributed by atoms with van der Waals surface area (Å²) >= 11 is 0. The van der Waals surface area contributed by atoms with Gasteiger partial charge in [-0.15, -0.1) is 5.10 Å². The van der Waals surface area contributed by atoms with Gasteiger partial charge in [0.2, 0.25) is 11.8 Å². The first-order valence-electron chi connectivity index (χ1n) is 12.7. The summed E-state index contributed by atoms with van der Waals surface area (Å²) < 4.78 is 13.1. The minimum Gasteiger partial charge on any atom is -0.486 e. The number of carbonyl (C=O) groups is 2. The zero-order valence-corrected chi connectivity index (χ0v) is 21.8. The summed E-state index contributed by atoms with van der Waals surface area (Å²) in [6.45, 7) is 6.69. The Kier molecular flexibility index (Phi) is 7.00.